The zero-order valence-corrected chi connectivity index (χ0v) is 15.0. The Bertz CT molecular complexity index is 930. The Balaban J connectivity index is 1.80. The van der Waals surface area contributed by atoms with Gasteiger partial charge in [-0.15, -0.1) is 0 Å². The number of fused-ring (bicyclic) bond motifs is 1. The molecule has 0 saturated carbocycles. The molecule has 1 heterocycles. The van der Waals surface area contributed by atoms with Crippen LogP contribution in [0.5, 0.6) is 0 Å². The van der Waals surface area contributed by atoms with Crippen LogP contribution >= 0.6 is 0 Å². The number of aromatic nitrogens is 1. The molecule has 1 aromatic carbocycles. The van der Waals surface area contributed by atoms with Crippen molar-refractivity contribution in [3.05, 3.63) is 68.1 Å². The summed E-state index contributed by atoms with van der Waals surface area (Å²) in [6.45, 7) is 4.06. The van der Waals surface area contributed by atoms with Crippen LogP contribution in [0.1, 0.15) is 57.2 Å². The molecule has 26 heavy (non-hydrogen) atoms. The third kappa shape index (κ3) is 3.69. The number of primary amides is 1. The highest BCUT2D eigenvalue weighted by molar-refractivity contribution is 5.92. The van der Waals surface area contributed by atoms with Crippen LogP contribution in [0, 0.1) is 13.8 Å². The van der Waals surface area contributed by atoms with Gasteiger partial charge in [-0.05, 0) is 61.4 Å². The van der Waals surface area contributed by atoms with Gasteiger partial charge in [-0.25, -0.2) is 0 Å². The second-order valence-corrected chi connectivity index (χ2v) is 6.92. The van der Waals surface area contributed by atoms with Crippen LogP contribution in [0.15, 0.2) is 29.1 Å². The maximum atomic E-state index is 12.5. The Morgan fingerprint density at radius 1 is 1.23 bits per heavy atom. The van der Waals surface area contributed by atoms with Crippen molar-refractivity contribution in [3.8, 4) is 0 Å². The van der Waals surface area contributed by atoms with Gasteiger partial charge in [0, 0.05) is 5.69 Å². The average molecular weight is 353 g/mol. The molecule has 0 saturated heterocycles. The highest BCUT2D eigenvalue weighted by Gasteiger charge is 2.24. The predicted molar refractivity (Wildman–Crippen MR) is 99.0 cm³/mol. The van der Waals surface area contributed by atoms with E-state index in [2.05, 4.69) is 10.3 Å². The van der Waals surface area contributed by atoms with Gasteiger partial charge in [0.05, 0.1) is 12.5 Å². The van der Waals surface area contributed by atoms with Crippen LogP contribution in [-0.4, -0.2) is 16.8 Å². The van der Waals surface area contributed by atoms with E-state index < -0.39 is 11.5 Å². The number of nitrogens with one attached hydrogen (secondary N) is 2. The van der Waals surface area contributed by atoms with E-state index in [1.807, 2.05) is 32.0 Å². The highest BCUT2D eigenvalue weighted by atomic mass is 16.2. The highest BCUT2D eigenvalue weighted by Crippen LogP contribution is 2.28. The molecule has 1 aromatic heterocycles. The Morgan fingerprint density at radius 2 is 2.00 bits per heavy atom. The zero-order valence-electron chi connectivity index (χ0n) is 15.0. The third-order valence-corrected chi connectivity index (χ3v) is 4.99. The van der Waals surface area contributed by atoms with Crippen LogP contribution in [-0.2, 0) is 17.6 Å². The summed E-state index contributed by atoms with van der Waals surface area (Å²) in [6.07, 6.45) is 2.62. The van der Waals surface area contributed by atoms with Crippen LogP contribution < -0.4 is 16.6 Å². The van der Waals surface area contributed by atoms with E-state index in [4.69, 9.17) is 5.73 Å². The minimum Gasteiger partial charge on any atom is -0.365 e. The normalized spacial score (nSPS) is 16.0. The number of nitrogens with two attached hydrogens (primary N) is 1. The Hall–Kier alpha value is -2.89. The monoisotopic (exact) mass is 353 g/mol. The lowest BCUT2D eigenvalue weighted by Crippen LogP contribution is -2.34. The first-order chi connectivity index (χ1) is 12.3. The first-order valence-corrected chi connectivity index (χ1v) is 8.76. The number of hydrogen-bond donors (Lipinski definition) is 3. The molecule has 1 aliphatic carbocycles. The van der Waals surface area contributed by atoms with E-state index in [1.54, 1.807) is 0 Å². The van der Waals surface area contributed by atoms with Gasteiger partial charge in [0.15, 0.2) is 0 Å². The second kappa shape index (κ2) is 7.15. The first kappa shape index (κ1) is 17.9. The molecule has 2 aromatic rings. The van der Waals surface area contributed by atoms with Gasteiger partial charge in [0.25, 0.3) is 11.5 Å². The van der Waals surface area contributed by atoms with Crippen molar-refractivity contribution >= 4 is 11.8 Å². The summed E-state index contributed by atoms with van der Waals surface area (Å²) >= 11 is 0. The van der Waals surface area contributed by atoms with E-state index in [0.29, 0.717) is 12.8 Å². The van der Waals surface area contributed by atoms with Gasteiger partial charge >= 0.3 is 0 Å². The molecule has 1 aliphatic rings. The third-order valence-electron chi connectivity index (χ3n) is 4.99. The summed E-state index contributed by atoms with van der Waals surface area (Å²) in [5, 5.41) is 3.03. The molecule has 1 unspecified atom stereocenters. The lowest BCUT2D eigenvalue weighted by atomic mass is 9.90. The van der Waals surface area contributed by atoms with Crippen LogP contribution in [0.25, 0.3) is 0 Å². The summed E-state index contributed by atoms with van der Waals surface area (Å²) in [6, 6.07) is 7.29. The summed E-state index contributed by atoms with van der Waals surface area (Å²) < 4.78 is 0. The minimum absolute atomic E-state index is 0.0703. The molecule has 2 amide bonds. The zero-order chi connectivity index (χ0) is 18.8. The summed E-state index contributed by atoms with van der Waals surface area (Å²) in [5.74, 6) is -0.849. The largest absolute Gasteiger partial charge is 0.365 e. The first-order valence-electron chi connectivity index (χ1n) is 8.76. The lowest BCUT2D eigenvalue weighted by molar-refractivity contribution is -0.121. The Morgan fingerprint density at radius 3 is 2.69 bits per heavy atom. The van der Waals surface area contributed by atoms with E-state index in [-0.39, 0.29) is 17.5 Å². The fourth-order valence-corrected chi connectivity index (χ4v) is 3.42. The van der Waals surface area contributed by atoms with Gasteiger partial charge < -0.3 is 16.0 Å². The number of carbonyl (C=O) groups excluding carboxylic acids is 2. The standard InChI is InChI=1S/C20H23N3O3/c1-11-6-7-13(8-12(11)2)9-18(24)22-16-4-3-5-17-14(16)10-15(19(21)25)20(26)23-17/h6-8,10,16H,3-5,9H2,1-2H3,(H2,21,25)(H,22,24)(H,23,26). The predicted octanol–water partition coefficient (Wildman–Crippen LogP) is 1.83. The van der Waals surface area contributed by atoms with E-state index in [9.17, 15) is 14.4 Å². The van der Waals surface area contributed by atoms with Crippen LogP contribution in [0.2, 0.25) is 0 Å². The van der Waals surface area contributed by atoms with Gasteiger partial charge in [0.1, 0.15) is 5.56 Å². The number of H-pyrrole nitrogens is 1. The average Bonchev–Trinajstić information content (AvgIpc) is 2.57. The van der Waals surface area contributed by atoms with Crippen LogP contribution in [0.4, 0.5) is 0 Å². The Labute approximate surface area is 151 Å². The minimum atomic E-state index is -0.764. The molecule has 6 nitrogen and oxygen atoms in total. The second-order valence-electron chi connectivity index (χ2n) is 6.92. The molecular weight excluding hydrogens is 330 g/mol. The number of aromatic amines is 1. The maximum absolute atomic E-state index is 12.5. The molecule has 6 heteroatoms. The molecule has 0 fully saturated rings. The van der Waals surface area contributed by atoms with Crippen molar-refractivity contribution in [1.29, 1.82) is 0 Å². The van der Waals surface area contributed by atoms with Crippen molar-refractivity contribution in [2.24, 2.45) is 5.73 Å². The topological polar surface area (TPSA) is 105 Å². The van der Waals surface area contributed by atoms with Gasteiger partial charge in [-0.1, -0.05) is 18.2 Å². The molecule has 4 N–H and O–H groups in total. The fourth-order valence-electron chi connectivity index (χ4n) is 3.42. The number of carbonyl (C=O) groups is 2. The lowest BCUT2D eigenvalue weighted by Gasteiger charge is -2.26. The van der Waals surface area contributed by atoms with Crippen molar-refractivity contribution in [2.75, 3.05) is 0 Å². The van der Waals surface area contributed by atoms with Gasteiger partial charge in [-0.2, -0.15) is 0 Å². The SMILES string of the molecule is Cc1ccc(CC(=O)NC2CCCc3[nH]c(=O)c(C(N)=O)cc32)cc1C. The van der Waals surface area contributed by atoms with Crippen molar-refractivity contribution in [2.45, 2.75) is 45.6 Å². The number of amides is 2. The van der Waals surface area contributed by atoms with E-state index in [0.717, 1.165) is 35.2 Å². The smallest absolute Gasteiger partial charge is 0.261 e. The van der Waals surface area contributed by atoms with Crippen molar-refractivity contribution < 1.29 is 9.59 Å². The van der Waals surface area contributed by atoms with Gasteiger partial charge in [-0.3, -0.25) is 14.4 Å². The quantitative estimate of drug-likeness (QED) is 0.781. The number of hydrogen-bond acceptors (Lipinski definition) is 3. The summed E-state index contributed by atoms with van der Waals surface area (Å²) in [5.41, 5.74) is 9.58. The number of pyridine rings is 1. The maximum Gasteiger partial charge on any atom is 0.261 e. The Kier molecular flexibility index (Phi) is 4.93. The molecule has 3 rings (SSSR count). The van der Waals surface area contributed by atoms with Crippen molar-refractivity contribution in [3.63, 3.8) is 0 Å². The molecule has 0 radical (unpaired) electrons. The fraction of sp³-hybridized carbons (Fsp3) is 0.350. The van der Waals surface area contributed by atoms with E-state index in [1.165, 1.54) is 11.6 Å². The van der Waals surface area contributed by atoms with Crippen molar-refractivity contribution in [1.82, 2.24) is 10.3 Å². The molecule has 0 spiro atoms. The number of benzene rings is 1. The summed E-state index contributed by atoms with van der Waals surface area (Å²) in [4.78, 5) is 38.6. The number of aryl methyl sites for hydroxylation is 3. The van der Waals surface area contributed by atoms with Gasteiger partial charge in [0.2, 0.25) is 5.91 Å². The molecular formula is C20H23N3O3. The summed E-state index contributed by atoms with van der Waals surface area (Å²) in [7, 11) is 0. The molecule has 0 bridgehead atoms. The number of rotatable bonds is 4. The molecule has 136 valence electrons. The van der Waals surface area contributed by atoms with Crippen LogP contribution in [0.3, 0.4) is 0 Å². The molecule has 1 atom stereocenters. The molecule has 0 aliphatic heterocycles. The van der Waals surface area contributed by atoms with E-state index >= 15 is 0 Å².